The predicted molar refractivity (Wildman–Crippen MR) is 97.1 cm³/mol. The molecule has 0 atom stereocenters. The topological polar surface area (TPSA) is 94.6 Å². The van der Waals surface area contributed by atoms with Crippen molar-refractivity contribution < 1.29 is 19.0 Å². The lowest BCUT2D eigenvalue weighted by molar-refractivity contribution is 0.102. The van der Waals surface area contributed by atoms with Gasteiger partial charge in [0.05, 0.1) is 0 Å². The van der Waals surface area contributed by atoms with E-state index < -0.39 is 0 Å². The van der Waals surface area contributed by atoms with Crippen LogP contribution in [0.2, 0.25) is 0 Å². The molecule has 1 aromatic heterocycles. The van der Waals surface area contributed by atoms with E-state index in [0.29, 0.717) is 60.9 Å². The average Bonchev–Trinajstić information content (AvgIpc) is 2.65. The molecule has 26 heavy (non-hydrogen) atoms. The molecule has 1 amide bonds. The van der Waals surface area contributed by atoms with E-state index in [1.54, 1.807) is 38.3 Å². The molecule has 1 aliphatic rings. The van der Waals surface area contributed by atoms with Crippen LogP contribution in [0.15, 0.2) is 24.3 Å². The Morgan fingerprint density at radius 1 is 1.19 bits per heavy atom. The smallest absolute Gasteiger partial charge is 0.274 e. The molecule has 3 rings (SSSR count). The first-order valence-electron chi connectivity index (χ1n) is 8.45. The number of hydrogen-bond donors (Lipinski definition) is 2. The number of carbonyl (C=O) groups excluding carboxylic acids is 1. The standard InChI is InChI=1S/C18H22N4O4/c1-12-20-14(11-17(21-12)19-6-3-7-24-2)18(23)22-13-4-5-15-16(10-13)26-9-8-25-15/h4-5,10-11H,3,6-9H2,1-2H3,(H,22,23)(H,19,20,21). The molecular formula is C18H22N4O4. The second-order valence-corrected chi connectivity index (χ2v) is 5.77. The van der Waals surface area contributed by atoms with Gasteiger partial charge in [0.15, 0.2) is 11.5 Å². The second kappa shape index (κ2) is 8.48. The zero-order chi connectivity index (χ0) is 18.4. The highest BCUT2D eigenvalue weighted by Crippen LogP contribution is 2.32. The van der Waals surface area contributed by atoms with E-state index in [0.717, 1.165) is 6.42 Å². The number of rotatable bonds is 7. The van der Waals surface area contributed by atoms with Crippen LogP contribution in [0.25, 0.3) is 0 Å². The summed E-state index contributed by atoms with van der Waals surface area (Å²) in [4.78, 5) is 21.1. The Balaban J connectivity index is 1.68. The van der Waals surface area contributed by atoms with Gasteiger partial charge >= 0.3 is 0 Å². The summed E-state index contributed by atoms with van der Waals surface area (Å²) in [6.07, 6.45) is 0.846. The lowest BCUT2D eigenvalue weighted by Gasteiger charge is -2.19. The van der Waals surface area contributed by atoms with Crippen molar-refractivity contribution in [3.63, 3.8) is 0 Å². The van der Waals surface area contributed by atoms with Crippen LogP contribution in [0.3, 0.4) is 0 Å². The minimum Gasteiger partial charge on any atom is -0.486 e. The SMILES string of the molecule is COCCCNc1cc(C(=O)Nc2ccc3c(c2)OCCO3)nc(C)n1. The van der Waals surface area contributed by atoms with E-state index >= 15 is 0 Å². The Labute approximate surface area is 151 Å². The van der Waals surface area contributed by atoms with Crippen molar-refractivity contribution in [1.29, 1.82) is 0 Å². The van der Waals surface area contributed by atoms with E-state index in [1.807, 2.05) is 0 Å². The lowest BCUT2D eigenvalue weighted by Crippen LogP contribution is -2.18. The van der Waals surface area contributed by atoms with Gasteiger partial charge in [-0.15, -0.1) is 0 Å². The van der Waals surface area contributed by atoms with Crippen molar-refractivity contribution in [2.75, 3.05) is 44.1 Å². The summed E-state index contributed by atoms with van der Waals surface area (Å²) >= 11 is 0. The van der Waals surface area contributed by atoms with Gasteiger partial charge in [-0.3, -0.25) is 4.79 Å². The van der Waals surface area contributed by atoms with Crippen LogP contribution in [-0.4, -0.2) is 49.4 Å². The summed E-state index contributed by atoms with van der Waals surface area (Å²) in [5, 5.41) is 6.00. The molecule has 0 radical (unpaired) electrons. The molecule has 1 aromatic carbocycles. The molecule has 8 nitrogen and oxygen atoms in total. The van der Waals surface area contributed by atoms with Crippen LogP contribution >= 0.6 is 0 Å². The molecule has 0 bridgehead atoms. The highest BCUT2D eigenvalue weighted by atomic mass is 16.6. The van der Waals surface area contributed by atoms with Gasteiger partial charge in [0.2, 0.25) is 0 Å². The fourth-order valence-electron chi connectivity index (χ4n) is 2.52. The Morgan fingerprint density at radius 3 is 2.81 bits per heavy atom. The van der Waals surface area contributed by atoms with Crippen LogP contribution in [0.5, 0.6) is 11.5 Å². The van der Waals surface area contributed by atoms with Crippen molar-refractivity contribution >= 4 is 17.4 Å². The quantitative estimate of drug-likeness (QED) is 0.733. The number of anilines is 2. The molecule has 138 valence electrons. The molecule has 8 heteroatoms. The maximum atomic E-state index is 12.5. The first-order chi connectivity index (χ1) is 12.7. The number of nitrogens with zero attached hydrogens (tertiary/aromatic N) is 2. The normalized spacial score (nSPS) is 12.5. The van der Waals surface area contributed by atoms with Crippen molar-refractivity contribution in [3.05, 3.63) is 35.8 Å². The van der Waals surface area contributed by atoms with Crippen LogP contribution in [-0.2, 0) is 4.74 Å². The minimum absolute atomic E-state index is 0.293. The van der Waals surface area contributed by atoms with Crippen molar-refractivity contribution in [3.8, 4) is 11.5 Å². The molecule has 0 fully saturated rings. The van der Waals surface area contributed by atoms with E-state index in [1.165, 1.54) is 0 Å². The number of ether oxygens (including phenoxy) is 3. The largest absolute Gasteiger partial charge is 0.486 e. The molecule has 1 aliphatic heterocycles. The monoisotopic (exact) mass is 358 g/mol. The number of amides is 1. The van der Waals surface area contributed by atoms with Crippen LogP contribution in [0.1, 0.15) is 22.7 Å². The third-order valence-electron chi connectivity index (χ3n) is 3.70. The van der Waals surface area contributed by atoms with Crippen molar-refractivity contribution in [1.82, 2.24) is 9.97 Å². The summed E-state index contributed by atoms with van der Waals surface area (Å²) in [6, 6.07) is 6.92. The van der Waals surface area contributed by atoms with Gasteiger partial charge < -0.3 is 24.8 Å². The van der Waals surface area contributed by atoms with E-state index in [-0.39, 0.29) is 5.91 Å². The van der Waals surface area contributed by atoms with E-state index in [9.17, 15) is 4.79 Å². The second-order valence-electron chi connectivity index (χ2n) is 5.77. The summed E-state index contributed by atoms with van der Waals surface area (Å²) in [7, 11) is 1.66. The third-order valence-corrected chi connectivity index (χ3v) is 3.70. The van der Waals surface area contributed by atoms with Gasteiger partial charge in [0, 0.05) is 38.1 Å². The molecule has 2 aromatic rings. The van der Waals surface area contributed by atoms with Gasteiger partial charge in [-0.1, -0.05) is 0 Å². The van der Waals surface area contributed by atoms with Crippen LogP contribution < -0.4 is 20.1 Å². The summed E-state index contributed by atoms with van der Waals surface area (Å²) in [5.74, 6) is 2.12. The molecule has 0 saturated heterocycles. The van der Waals surface area contributed by atoms with Gasteiger partial charge in [0.25, 0.3) is 5.91 Å². The third kappa shape index (κ3) is 4.60. The van der Waals surface area contributed by atoms with Gasteiger partial charge in [-0.2, -0.15) is 0 Å². The summed E-state index contributed by atoms with van der Waals surface area (Å²) in [6.45, 7) is 4.13. The lowest BCUT2D eigenvalue weighted by atomic mass is 10.2. The zero-order valence-electron chi connectivity index (χ0n) is 14.9. The number of hydrogen-bond acceptors (Lipinski definition) is 7. The number of benzene rings is 1. The first kappa shape index (κ1) is 17.9. The summed E-state index contributed by atoms with van der Waals surface area (Å²) in [5.41, 5.74) is 0.909. The Morgan fingerprint density at radius 2 is 2.00 bits per heavy atom. The number of aryl methyl sites for hydroxylation is 1. The highest BCUT2D eigenvalue weighted by Gasteiger charge is 2.15. The molecular weight excluding hydrogens is 336 g/mol. The average molecular weight is 358 g/mol. The van der Waals surface area contributed by atoms with Crippen LogP contribution in [0.4, 0.5) is 11.5 Å². The van der Waals surface area contributed by atoms with E-state index in [2.05, 4.69) is 20.6 Å². The molecule has 0 saturated carbocycles. The molecule has 0 unspecified atom stereocenters. The minimum atomic E-state index is -0.313. The number of fused-ring (bicyclic) bond motifs is 1. The first-order valence-corrected chi connectivity index (χ1v) is 8.45. The van der Waals surface area contributed by atoms with Gasteiger partial charge in [-0.25, -0.2) is 9.97 Å². The molecule has 2 heterocycles. The maximum Gasteiger partial charge on any atom is 0.274 e. The van der Waals surface area contributed by atoms with Crippen molar-refractivity contribution in [2.24, 2.45) is 0 Å². The number of aromatic nitrogens is 2. The fourth-order valence-corrected chi connectivity index (χ4v) is 2.52. The molecule has 0 aliphatic carbocycles. The predicted octanol–water partition coefficient (Wildman–Crippen LogP) is 2.26. The van der Waals surface area contributed by atoms with Gasteiger partial charge in [0.1, 0.15) is 30.5 Å². The number of methoxy groups -OCH3 is 1. The van der Waals surface area contributed by atoms with Crippen LogP contribution in [0, 0.1) is 6.92 Å². The van der Waals surface area contributed by atoms with Crippen molar-refractivity contribution in [2.45, 2.75) is 13.3 Å². The number of nitrogens with one attached hydrogen (secondary N) is 2. The van der Waals surface area contributed by atoms with E-state index in [4.69, 9.17) is 14.2 Å². The Hall–Kier alpha value is -2.87. The highest BCUT2D eigenvalue weighted by molar-refractivity contribution is 6.03. The Bertz CT molecular complexity index is 782. The zero-order valence-corrected chi connectivity index (χ0v) is 14.9. The number of carbonyl (C=O) groups is 1. The summed E-state index contributed by atoms with van der Waals surface area (Å²) < 4.78 is 16.0. The van der Waals surface area contributed by atoms with Gasteiger partial charge in [-0.05, 0) is 25.5 Å². The molecule has 0 spiro atoms. The fraction of sp³-hybridized carbons (Fsp3) is 0.389. The maximum absolute atomic E-state index is 12.5. The Kier molecular flexibility index (Phi) is 5.85. The molecule has 2 N–H and O–H groups in total.